The zero-order valence-electron chi connectivity index (χ0n) is 10.9. The molecule has 2 heterocycles. The van der Waals surface area contributed by atoms with Crippen LogP contribution in [0.25, 0.3) is 10.9 Å². The summed E-state index contributed by atoms with van der Waals surface area (Å²) >= 11 is 0. The van der Waals surface area contributed by atoms with Crippen LogP contribution in [0.5, 0.6) is 0 Å². The number of amides is 2. The van der Waals surface area contributed by atoms with E-state index < -0.39 is 0 Å². The van der Waals surface area contributed by atoms with Gasteiger partial charge in [0.1, 0.15) is 6.33 Å². The molecule has 1 aliphatic heterocycles. The first-order valence-corrected chi connectivity index (χ1v) is 6.44. The maximum atomic E-state index is 12.5. The van der Waals surface area contributed by atoms with Crippen molar-refractivity contribution in [2.75, 3.05) is 4.90 Å². The van der Waals surface area contributed by atoms with E-state index in [1.807, 2.05) is 6.07 Å². The maximum Gasteiger partial charge on any atom is 0.266 e. The van der Waals surface area contributed by atoms with Crippen LogP contribution in [0, 0.1) is 0 Å². The van der Waals surface area contributed by atoms with Gasteiger partial charge >= 0.3 is 0 Å². The molecule has 2 amide bonds. The number of fused-ring (bicyclic) bond motifs is 2. The molecule has 5 heteroatoms. The fraction of sp³-hybridized carbons (Fsp3) is 0. The Morgan fingerprint density at radius 2 is 1.57 bits per heavy atom. The summed E-state index contributed by atoms with van der Waals surface area (Å²) in [7, 11) is 0. The van der Waals surface area contributed by atoms with Crippen molar-refractivity contribution in [2.45, 2.75) is 0 Å². The van der Waals surface area contributed by atoms with Gasteiger partial charge in [0.25, 0.3) is 11.8 Å². The third-order valence-corrected chi connectivity index (χ3v) is 3.56. The van der Waals surface area contributed by atoms with E-state index in [1.54, 1.807) is 42.6 Å². The first-order chi connectivity index (χ1) is 10.3. The Bertz CT molecular complexity index is 864. The van der Waals surface area contributed by atoms with Gasteiger partial charge in [-0.05, 0) is 24.3 Å². The Kier molecular flexibility index (Phi) is 2.35. The quantitative estimate of drug-likeness (QED) is 0.640. The molecule has 3 aromatic rings. The van der Waals surface area contributed by atoms with Gasteiger partial charge in [-0.2, -0.15) is 0 Å². The van der Waals surface area contributed by atoms with Crippen LogP contribution in [0.2, 0.25) is 0 Å². The van der Waals surface area contributed by atoms with Crippen molar-refractivity contribution < 1.29 is 9.59 Å². The average Bonchev–Trinajstić information content (AvgIpc) is 2.79. The number of aromatic nitrogens is 2. The molecule has 2 aromatic carbocycles. The van der Waals surface area contributed by atoms with Crippen molar-refractivity contribution >= 4 is 28.4 Å². The van der Waals surface area contributed by atoms with E-state index in [2.05, 4.69) is 9.97 Å². The SMILES string of the molecule is O=C1c2ccccc2C(=O)N1c1cccc2ncncc12. The summed E-state index contributed by atoms with van der Waals surface area (Å²) in [5, 5.41) is 0.675. The average molecular weight is 275 g/mol. The molecule has 4 rings (SSSR count). The van der Waals surface area contributed by atoms with E-state index >= 15 is 0 Å². The number of hydrogen-bond acceptors (Lipinski definition) is 4. The molecule has 0 bridgehead atoms. The molecule has 0 saturated carbocycles. The Morgan fingerprint density at radius 1 is 0.857 bits per heavy atom. The highest BCUT2D eigenvalue weighted by atomic mass is 16.2. The summed E-state index contributed by atoms with van der Waals surface area (Å²) in [5.41, 5.74) is 2.06. The molecule has 0 aliphatic carbocycles. The topological polar surface area (TPSA) is 63.2 Å². The highest BCUT2D eigenvalue weighted by molar-refractivity contribution is 6.35. The molecule has 0 N–H and O–H groups in total. The van der Waals surface area contributed by atoms with E-state index in [0.717, 1.165) is 0 Å². The summed E-state index contributed by atoms with van der Waals surface area (Å²) in [6, 6.07) is 12.1. The van der Waals surface area contributed by atoms with E-state index in [4.69, 9.17) is 0 Å². The summed E-state index contributed by atoms with van der Waals surface area (Å²) in [6.45, 7) is 0. The van der Waals surface area contributed by atoms with Crippen LogP contribution in [-0.4, -0.2) is 21.8 Å². The predicted octanol–water partition coefficient (Wildman–Crippen LogP) is 2.43. The zero-order valence-corrected chi connectivity index (χ0v) is 10.9. The van der Waals surface area contributed by atoms with Gasteiger partial charge in [0.05, 0.1) is 22.3 Å². The lowest BCUT2D eigenvalue weighted by Crippen LogP contribution is -2.29. The number of benzene rings is 2. The van der Waals surface area contributed by atoms with Crippen molar-refractivity contribution in [3.63, 3.8) is 0 Å². The van der Waals surface area contributed by atoms with E-state index in [-0.39, 0.29) is 11.8 Å². The minimum absolute atomic E-state index is 0.313. The molecule has 1 aromatic heterocycles. The summed E-state index contributed by atoms with van der Waals surface area (Å²) in [4.78, 5) is 34.4. The minimum Gasteiger partial charge on any atom is -0.268 e. The van der Waals surface area contributed by atoms with Crippen LogP contribution in [-0.2, 0) is 0 Å². The Hall–Kier alpha value is -3.08. The van der Waals surface area contributed by atoms with Gasteiger partial charge in [-0.1, -0.05) is 18.2 Å². The second kappa shape index (κ2) is 4.21. The normalized spacial score (nSPS) is 13.8. The smallest absolute Gasteiger partial charge is 0.266 e. The Morgan fingerprint density at radius 3 is 2.29 bits per heavy atom. The molecule has 0 unspecified atom stereocenters. The zero-order chi connectivity index (χ0) is 14.4. The van der Waals surface area contributed by atoms with Crippen LogP contribution in [0.15, 0.2) is 55.0 Å². The largest absolute Gasteiger partial charge is 0.268 e. The second-order valence-corrected chi connectivity index (χ2v) is 4.72. The van der Waals surface area contributed by atoms with E-state index in [0.29, 0.717) is 27.7 Å². The van der Waals surface area contributed by atoms with Gasteiger partial charge < -0.3 is 0 Å². The lowest BCUT2D eigenvalue weighted by Gasteiger charge is -2.15. The van der Waals surface area contributed by atoms with Crippen LogP contribution in [0.4, 0.5) is 5.69 Å². The number of hydrogen-bond donors (Lipinski definition) is 0. The summed E-state index contributed by atoms with van der Waals surface area (Å²) < 4.78 is 0. The van der Waals surface area contributed by atoms with Gasteiger partial charge in [-0.25, -0.2) is 14.9 Å². The molecule has 21 heavy (non-hydrogen) atoms. The van der Waals surface area contributed by atoms with Gasteiger partial charge in [0, 0.05) is 11.6 Å². The lowest BCUT2D eigenvalue weighted by molar-refractivity contribution is 0.0926. The summed E-state index contributed by atoms with van der Waals surface area (Å²) in [6.07, 6.45) is 3.05. The molecule has 0 radical (unpaired) electrons. The molecule has 0 atom stereocenters. The number of carbonyl (C=O) groups excluding carboxylic acids is 2. The lowest BCUT2D eigenvalue weighted by atomic mass is 10.1. The molecular weight excluding hydrogens is 266 g/mol. The molecular formula is C16H9N3O2. The van der Waals surface area contributed by atoms with Gasteiger partial charge in [0.15, 0.2) is 0 Å². The summed E-state index contributed by atoms with van der Waals surface area (Å²) in [5.74, 6) is -0.626. The Balaban J connectivity index is 1.95. The number of anilines is 1. The van der Waals surface area contributed by atoms with Crippen molar-refractivity contribution in [1.82, 2.24) is 9.97 Å². The van der Waals surface area contributed by atoms with Gasteiger partial charge in [-0.15, -0.1) is 0 Å². The predicted molar refractivity (Wildman–Crippen MR) is 77.1 cm³/mol. The molecule has 0 fully saturated rings. The van der Waals surface area contributed by atoms with Crippen molar-refractivity contribution in [3.05, 3.63) is 66.1 Å². The molecule has 0 saturated heterocycles. The molecule has 0 spiro atoms. The molecule has 5 nitrogen and oxygen atoms in total. The number of carbonyl (C=O) groups is 2. The molecule has 1 aliphatic rings. The fourth-order valence-electron chi connectivity index (χ4n) is 2.59. The van der Waals surface area contributed by atoms with E-state index in [1.165, 1.54) is 11.2 Å². The number of nitrogens with zero attached hydrogens (tertiary/aromatic N) is 3. The van der Waals surface area contributed by atoms with Gasteiger partial charge in [0.2, 0.25) is 0 Å². The van der Waals surface area contributed by atoms with Gasteiger partial charge in [-0.3, -0.25) is 9.59 Å². The first kappa shape index (κ1) is 11.7. The third kappa shape index (κ3) is 1.57. The molecule has 100 valence electrons. The number of imide groups is 1. The van der Waals surface area contributed by atoms with Crippen molar-refractivity contribution in [1.29, 1.82) is 0 Å². The van der Waals surface area contributed by atoms with Crippen molar-refractivity contribution in [3.8, 4) is 0 Å². The minimum atomic E-state index is -0.313. The van der Waals surface area contributed by atoms with Crippen LogP contribution in [0.1, 0.15) is 20.7 Å². The third-order valence-electron chi connectivity index (χ3n) is 3.56. The van der Waals surface area contributed by atoms with Crippen molar-refractivity contribution in [2.24, 2.45) is 0 Å². The van der Waals surface area contributed by atoms with Crippen LogP contribution >= 0.6 is 0 Å². The standard InChI is InChI=1S/C16H9N3O2/c20-15-10-4-1-2-5-11(10)16(21)19(15)14-7-3-6-13-12(14)8-17-9-18-13/h1-9H. The van der Waals surface area contributed by atoms with Crippen LogP contribution in [0.3, 0.4) is 0 Å². The second-order valence-electron chi connectivity index (χ2n) is 4.72. The highest BCUT2D eigenvalue weighted by Gasteiger charge is 2.36. The van der Waals surface area contributed by atoms with Crippen LogP contribution < -0.4 is 4.90 Å². The monoisotopic (exact) mass is 275 g/mol. The first-order valence-electron chi connectivity index (χ1n) is 6.44. The fourth-order valence-corrected chi connectivity index (χ4v) is 2.59. The van der Waals surface area contributed by atoms with E-state index in [9.17, 15) is 9.59 Å². The maximum absolute atomic E-state index is 12.5. The Labute approximate surface area is 119 Å². The number of rotatable bonds is 1. The highest BCUT2D eigenvalue weighted by Crippen LogP contribution is 2.32.